The number of benzene rings is 1. The van der Waals surface area contributed by atoms with Gasteiger partial charge in [-0.05, 0) is 38.1 Å². The summed E-state index contributed by atoms with van der Waals surface area (Å²) < 4.78 is 23.2. The molecule has 9 heteroatoms. The highest BCUT2D eigenvalue weighted by Gasteiger charge is 2.52. The highest BCUT2D eigenvalue weighted by molar-refractivity contribution is 5.88. The molecule has 0 saturated carbocycles. The molecule has 28 heavy (non-hydrogen) atoms. The molecule has 0 spiro atoms. The molecule has 3 rings (SSSR count). The van der Waals surface area contributed by atoms with Gasteiger partial charge in [0.15, 0.2) is 5.79 Å². The summed E-state index contributed by atoms with van der Waals surface area (Å²) in [4.78, 5) is 22.8. The van der Waals surface area contributed by atoms with Gasteiger partial charge >= 0.3 is 0 Å². The highest BCUT2D eigenvalue weighted by atomic mass is 16.8. The van der Waals surface area contributed by atoms with Crippen LogP contribution in [0.4, 0.5) is 5.69 Å². The molecule has 1 aromatic carbocycles. The van der Waals surface area contributed by atoms with Crippen molar-refractivity contribution in [3.8, 4) is 5.75 Å². The molecule has 2 aliphatic heterocycles. The zero-order chi connectivity index (χ0) is 20.5. The second-order valence-electron chi connectivity index (χ2n) is 7.38. The van der Waals surface area contributed by atoms with Gasteiger partial charge in [0, 0.05) is 19.5 Å². The second-order valence-corrected chi connectivity index (χ2v) is 7.38. The Balaban J connectivity index is 1.76. The van der Waals surface area contributed by atoms with Crippen LogP contribution in [0.15, 0.2) is 24.3 Å². The molecule has 5 atom stereocenters. The van der Waals surface area contributed by atoms with E-state index >= 15 is 0 Å². The van der Waals surface area contributed by atoms with Gasteiger partial charge in [-0.3, -0.25) is 9.59 Å². The van der Waals surface area contributed by atoms with E-state index in [0.29, 0.717) is 11.4 Å². The quantitative estimate of drug-likeness (QED) is 0.691. The van der Waals surface area contributed by atoms with Gasteiger partial charge in [-0.15, -0.1) is 0 Å². The third kappa shape index (κ3) is 4.79. The lowest BCUT2D eigenvalue weighted by Crippen LogP contribution is -2.69. The molecule has 2 heterocycles. The maximum Gasteiger partial charge on any atom is 0.223 e. The van der Waals surface area contributed by atoms with Crippen molar-refractivity contribution in [3.63, 3.8) is 0 Å². The zero-order valence-electron chi connectivity index (χ0n) is 16.3. The number of hydrogen-bond acceptors (Lipinski definition) is 7. The number of anilines is 1. The summed E-state index contributed by atoms with van der Waals surface area (Å²) in [5.74, 6) is -0.908. The third-order valence-corrected chi connectivity index (χ3v) is 4.49. The lowest BCUT2D eigenvalue weighted by atomic mass is 9.95. The molecule has 0 aliphatic carbocycles. The summed E-state index contributed by atoms with van der Waals surface area (Å²) in [6.07, 6.45) is -3.20. The van der Waals surface area contributed by atoms with Crippen molar-refractivity contribution in [3.05, 3.63) is 24.3 Å². The number of fused-ring (bicyclic) bond motifs is 1. The van der Waals surface area contributed by atoms with Gasteiger partial charge in [0.2, 0.25) is 18.1 Å². The van der Waals surface area contributed by atoms with Gasteiger partial charge in [-0.25, -0.2) is 0 Å². The van der Waals surface area contributed by atoms with E-state index in [2.05, 4.69) is 10.6 Å². The van der Waals surface area contributed by atoms with Gasteiger partial charge in [-0.1, -0.05) is 0 Å². The lowest BCUT2D eigenvalue weighted by molar-refractivity contribution is -0.361. The predicted molar refractivity (Wildman–Crippen MR) is 98.6 cm³/mol. The summed E-state index contributed by atoms with van der Waals surface area (Å²) >= 11 is 0. The first kappa shape index (κ1) is 20.5. The Kier molecular flexibility index (Phi) is 5.90. The predicted octanol–water partition coefficient (Wildman–Crippen LogP) is 0.766. The van der Waals surface area contributed by atoms with E-state index in [0.717, 1.165) is 0 Å². The van der Waals surface area contributed by atoms with Crippen LogP contribution in [0.3, 0.4) is 0 Å². The molecule has 2 amide bonds. The maximum absolute atomic E-state index is 11.7. The van der Waals surface area contributed by atoms with E-state index in [-0.39, 0.29) is 18.4 Å². The van der Waals surface area contributed by atoms with E-state index in [4.69, 9.17) is 18.9 Å². The van der Waals surface area contributed by atoms with Crippen LogP contribution in [0.1, 0.15) is 27.7 Å². The number of aliphatic hydroxyl groups excluding tert-OH is 1. The van der Waals surface area contributed by atoms with E-state index in [1.165, 1.54) is 13.8 Å². The monoisotopic (exact) mass is 394 g/mol. The van der Waals surface area contributed by atoms with Gasteiger partial charge in [0.1, 0.15) is 30.1 Å². The SMILES string of the molecule is CC(=O)Nc1ccc(O[C@@H]2O[C@H]3COC(C)(C)O[C@@H]3[C@@H](O)[C@@H]2NC(C)=O)cc1. The van der Waals surface area contributed by atoms with Crippen LogP contribution in [0.5, 0.6) is 5.75 Å². The molecule has 154 valence electrons. The van der Waals surface area contributed by atoms with Crippen molar-refractivity contribution in [2.45, 2.75) is 64.1 Å². The van der Waals surface area contributed by atoms with Crippen LogP contribution in [0.25, 0.3) is 0 Å². The molecule has 0 unspecified atom stereocenters. The van der Waals surface area contributed by atoms with Crippen LogP contribution in [0, 0.1) is 0 Å². The fraction of sp³-hybridized carbons (Fsp3) is 0.579. The number of rotatable bonds is 4. The Morgan fingerprint density at radius 1 is 1.18 bits per heavy atom. The van der Waals surface area contributed by atoms with Crippen LogP contribution >= 0.6 is 0 Å². The van der Waals surface area contributed by atoms with E-state index in [9.17, 15) is 14.7 Å². The van der Waals surface area contributed by atoms with Crippen LogP contribution in [-0.2, 0) is 23.8 Å². The lowest BCUT2D eigenvalue weighted by Gasteiger charge is -2.49. The number of carbonyl (C=O) groups excluding carboxylic acids is 2. The fourth-order valence-corrected chi connectivity index (χ4v) is 3.29. The number of amides is 2. The van der Waals surface area contributed by atoms with Gasteiger partial charge < -0.3 is 34.7 Å². The Morgan fingerprint density at radius 3 is 2.46 bits per heavy atom. The van der Waals surface area contributed by atoms with Crippen molar-refractivity contribution >= 4 is 17.5 Å². The standard InChI is InChI=1S/C19H26N2O7/c1-10(22)20-12-5-7-13(8-6-12)26-18-15(21-11(2)23)16(24)17-14(27-18)9-25-19(3,4)28-17/h5-8,14-18,24H,9H2,1-4H3,(H,20,22)(H,21,23)/t14-,15-,16-,17-,18+/m0/s1. The highest BCUT2D eigenvalue weighted by Crippen LogP contribution is 2.33. The molecule has 1 aromatic rings. The Labute approximate surface area is 163 Å². The zero-order valence-corrected chi connectivity index (χ0v) is 16.3. The number of aliphatic hydroxyl groups is 1. The molecular formula is C19H26N2O7. The minimum absolute atomic E-state index is 0.176. The van der Waals surface area contributed by atoms with Crippen molar-refractivity contribution < 1.29 is 33.6 Å². The molecule has 0 radical (unpaired) electrons. The fourth-order valence-electron chi connectivity index (χ4n) is 3.29. The van der Waals surface area contributed by atoms with Gasteiger partial charge in [-0.2, -0.15) is 0 Å². The Morgan fingerprint density at radius 2 is 1.86 bits per heavy atom. The van der Waals surface area contributed by atoms with Gasteiger partial charge in [0.25, 0.3) is 0 Å². The van der Waals surface area contributed by atoms with Crippen LogP contribution in [0.2, 0.25) is 0 Å². The summed E-state index contributed by atoms with van der Waals surface area (Å²) in [6.45, 7) is 6.51. The molecule has 2 saturated heterocycles. The third-order valence-electron chi connectivity index (χ3n) is 4.49. The van der Waals surface area contributed by atoms with Crippen molar-refractivity contribution in [2.24, 2.45) is 0 Å². The Bertz CT molecular complexity index is 721. The molecule has 0 aromatic heterocycles. The number of nitrogens with one attached hydrogen (secondary N) is 2. The molecule has 3 N–H and O–H groups in total. The van der Waals surface area contributed by atoms with Gasteiger partial charge in [0.05, 0.1) is 6.61 Å². The molecule has 0 bridgehead atoms. The number of carbonyl (C=O) groups is 2. The van der Waals surface area contributed by atoms with Crippen molar-refractivity contribution in [2.75, 3.05) is 11.9 Å². The van der Waals surface area contributed by atoms with Crippen molar-refractivity contribution in [1.82, 2.24) is 5.32 Å². The van der Waals surface area contributed by atoms with Crippen LogP contribution < -0.4 is 15.4 Å². The summed E-state index contributed by atoms with van der Waals surface area (Å²) in [5.41, 5.74) is 0.624. The average molecular weight is 394 g/mol. The first-order chi connectivity index (χ1) is 13.1. The van der Waals surface area contributed by atoms with E-state index in [1.807, 2.05) is 0 Å². The summed E-state index contributed by atoms with van der Waals surface area (Å²) in [7, 11) is 0. The topological polar surface area (TPSA) is 115 Å². The average Bonchev–Trinajstić information content (AvgIpc) is 2.60. The smallest absolute Gasteiger partial charge is 0.223 e. The first-order valence-corrected chi connectivity index (χ1v) is 9.11. The normalized spacial score (nSPS) is 31.4. The molecule has 2 aliphatic rings. The number of ether oxygens (including phenoxy) is 4. The Hall–Kier alpha value is -2.20. The van der Waals surface area contributed by atoms with E-state index in [1.54, 1.807) is 38.1 Å². The minimum Gasteiger partial charge on any atom is -0.463 e. The first-order valence-electron chi connectivity index (χ1n) is 9.11. The van der Waals surface area contributed by atoms with E-state index < -0.39 is 36.4 Å². The summed E-state index contributed by atoms with van der Waals surface area (Å²) in [5, 5.41) is 16.2. The molecule has 2 fully saturated rings. The number of hydrogen-bond donors (Lipinski definition) is 3. The molecule has 9 nitrogen and oxygen atoms in total. The second kappa shape index (κ2) is 8.04. The maximum atomic E-state index is 11.7. The van der Waals surface area contributed by atoms with Crippen molar-refractivity contribution in [1.29, 1.82) is 0 Å². The summed E-state index contributed by atoms with van der Waals surface area (Å²) in [6, 6.07) is 5.86. The molecular weight excluding hydrogens is 368 g/mol. The van der Waals surface area contributed by atoms with Crippen LogP contribution in [-0.4, -0.2) is 60.0 Å². The largest absolute Gasteiger partial charge is 0.463 e. The minimum atomic E-state index is -1.05.